The van der Waals surface area contributed by atoms with Gasteiger partial charge < -0.3 is 20.9 Å². The van der Waals surface area contributed by atoms with E-state index in [2.05, 4.69) is 0 Å². The number of rotatable bonds is 3. The van der Waals surface area contributed by atoms with Crippen LogP contribution in [0.25, 0.3) is 0 Å². The number of carbonyl (C=O) groups excluding carboxylic acids is 1. The Morgan fingerprint density at radius 1 is 1.35 bits per heavy atom. The lowest BCUT2D eigenvalue weighted by Crippen LogP contribution is -2.44. The van der Waals surface area contributed by atoms with Gasteiger partial charge in [-0.1, -0.05) is 6.92 Å². The van der Waals surface area contributed by atoms with Crippen LogP contribution in [0.2, 0.25) is 0 Å². The van der Waals surface area contributed by atoms with Gasteiger partial charge in [-0.05, 0) is 18.2 Å². The summed E-state index contributed by atoms with van der Waals surface area (Å²) >= 11 is 0. The Kier molecular flexibility index (Phi) is 2.93. The fourth-order valence-electron chi connectivity index (χ4n) is 1.65. The number of carbonyl (C=O) groups is 1. The van der Waals surface area contributed by atoms with Crippen LogP contribution in [0.3, 0.4) is 0 Å². The predicted octanol–water partition coefficient (Wildman–Crippen LogP) is 1.04. The highest BCUT2D eigenvalue weighted by Crippen LogP contribution is 2.27. The maximum Gasteiger partial charge on any atom is 0.338 e. The van der Waals surface area contributed by atoms with Crippen LogP contribution in [-0.4, -0.2) is 25.8 Å². The van der Waals surface area contributed by atoms with Crippen molar-refractivity contribution in [2.45, 2.75) is 6.92 Å². The third-order valence-electron chi connectivity index (χ3n) is 2.67. The number of hydrogen-bond acceptors (Lipinski definition) is 5. The van der Waals surface area contributed by atoms with E-state index in [1.807, 2.05) is 6.92 Å². The molecule has 1 aliphatic rings. The van der Waals surface area contributed by atoms with Crippen LogP contribution >= 0.6 is 0 Å². The van der Waals surface area contributed by atoms with Gasteiger partial charge in [-0.2, -0.15) is 0 Å². The van der Waals surface area contributed by atoms with E-state index in [1.54, 1.807) is 18.2 Å². The minimum Gasteiger partial charge on any atom is -0.461 e. The lowest BCUT2D eigenvalue weighted by atomic mass is 9.90. The van der Waals surface area contributed by atoms with E-state index in [0.717, 1.165) is 0 Å². The van der Waals surface area contributed by atoms with Crippen molar-refractivity contribution in [1.29, 1.82) is 0 Å². The van der Waals surface area contributed by atoms with Crippen molar-refractivity contribution in [3.05, 3.63) is 23.8 Å². The molecule has 0 saturated carbocycles. The molecule has 0 amide bonds. The molecule has 1 fully saturated rings. The van der Waals surface area contributed by atoms with Crippen molar-refractivity contribution in [2.75, 3.05) is 31.3 Å². The summed E-state index contributed by atoms with van der Waals surface area (Å²) < 4.78 is 10.3. The van der Waals surface area contributed by atoms with Gasteiger partial charge in [0, 0.05) is 16.8 Å². The minimum atomic E-state index is -0.405. The van der Waals surface area contributed by atoms with Crippen molar-refractivity contribution in [3.63, 3.8) is 0 Å². The summed E-state index contributed by atoms with van der Waals surface area (Å²) in [6, 6.07) is 4.70. The average Bonchev–Trinajstić information content (AvgIpc) is 2.22. The molecule has 0 bridgehead atoms. The summed E-state index contributed by atoms with van der Waals surface area (Å²) in [6.45, 7) is 3.61. The van der Waals surface area contributed by atoms with Gasteiger partial charge in [0.15, 0.2) is 0 Å². The SMILES string of the molecule is CC1(COC(=O)c2cc(N)cc(N)c2)COC1. The topological polar surface area (TPSA) is 87.6 Å². The van der Waals surface area contributed by atoms with Gasteiger partial charge in [0.1, 0.15) is 6.61 Å². The molecule has 92 valence electrons. The summed E-state index contributed by atoms with van der Waals surface area (Å²) in [7, 11) is 0. The number of benzene rings is 1. The smallest absolute Gasteiger partial charge is 0.338 e. The first-order valence-corrected chi connectivity index (χ1v) is 5.39. The van der Waals surface area contributed by atoms with Crippen molar-refractivity contribution in [2.24, 2.45) is 5.41 Å². The molecular formula is C12H16N2O3. The van der Waals surface area contributed by atoms with Gasteiger partial charge in [-0.15, -0.1) is 0 Å². The van der Waals surface area contributed by atoms with Crippen LogP contribution < -0.4 is 11.5 Å². The van der Waals surface area contributed by atoms with Crippen LogP contribution in [0.5, 0.6) is 0 Å². The first-order chi connectivity index (χ1) is 7.98. The van der Waals surface area contributed by atoms with E-state index in [4.69, 9.17) is 20.9 Å². The Labute approximate surface area is 99.7 Å². The monoisotopic (exact) mass is 236 g/mol. The van der Waals surface area contributed by atoms with Crippen molar-refractivity contribution in [1.82, 2.24) is 0 Å². The van der Waals surface area contributed by atoms with Gasteiger partial charge in [0.25, 0.3) is 0 Å². The maximum absolute atomic E-state index is 11.8. The minimum absolute atomic E-state index is 0.0540. The van der Waals surface area contributed by atoms with Crippen LogP contribution in [-0.2, 0) is 9.47 Å². The summed E-state index contributed by atoms with van der Waals surface area (Å²) in [4.78, 5) is 11.8. The van der Waals surface area contributed by atoms with E-state index in [0.29, 0.717) is 36.8 Å². The Morgan fingerprint density at radius 3 is 2.41 bits per heavy atom. The average molecular weight is 236 g/mol. The number of anilines is 2. The lowest BCUT2D eigenvalue weighted by Gasteiger charge is -2.37. The molecule has 17 heavy (non-hydrogen) atoms. The molecule has 1 heterocycles. The first-order valence-electron chi connectivity index (χ1n) is 5.39. The van der Waals surface area contributed by atoms with Crippen molar-refractivity contribution >= 4 is 17.3 Å². The molecule has 0 spiro atoms. The first kappa shape index (κ1) is 11.7. The van der Waals surface area contributed by atoms with Gasteiger partial charge in [-0.3, -0.25) is 0 Å². The highest BCUT2D eigenvalue weighted by atomic mass is 16.5. The molecule has 1 aromatic carbocycles. The molecule has 4 N–H and O–H groups in total. The standard InChI is InChI=1S/C12H16N2O3/c1-12(5-16-6-12)7-17-11(15)8-2-9(13)4-10(14)3-8/h2-4H,5-7,13-14H2,1H3. The fourth-order valence-corrected chi connectivity index (χ4v) is 1.65. The molecule has 1 saturated heterocycles. The van der Waals surface area contributed by atoms with E-state index in [9.17, 15) is 4.79 Å². The zero-order chi connectivity index (χ0) is 12.5. The van der Waals surface area contributed by atoms with Crippen molar-refractivity contribution < 1.29 is 14.3 Å². The molecule has 0 unspecified atom stereocenters. The number of nitrogens with two attached hydrogens (primary N) is 2. The Hall–Kier alpha value is -1.75. The molecular weight excluding hydrogens is 220 g/mol. The third kappa shape index (κ3) is 2.68. The third-order valence-corrected chi connectivity index (χ3v) is 2.67. The fraction of sp³-hybridized carbons (Fsp3) is 0.417. The van der Waals surface area contributed by atoms with Crippen LogP contribution in [0.15, 0.2) is 18.2 Å². The van der Waals surface area contributed by atoms with Gasteiger partial charge >= 0.3 is 5.97 Å². The van der Waals surface area contributed by atoms with Crippen LogP contribution in [0.1, 0.15) is 17.3 Å². The molecule has 0 aliphatic carbocycles. The zero-order valence-corrected chi connectivity index (χ0v) is 9.73. The number of ether oxygens (including phenoxy) is 2. The Morgan fingerprint density at radius 2 is 1.94 bits per heavy atom. The van der Waals surface area contributed by atoms with Gasteiger partial charge in [-0.25, -0.2) is 4.79 Å². The zero-order valence-electron chi connectivity index (χ0n) is 9.73. The van der Waals surface area contributed by atoms with Crippen LogP contribution in [0, 0.1) is 5.41 Å². The number of hydrogen-bond donors (Lipinski definition) is 2. The normalized spacial score (nSPS) is 17.2. The molecule has 2 rings (SSSR count). The quantitative estimate of drug-likeness (QED) is 0.605. The summed E-state index contributed by atoms with van der Waals surface area (Å²) in [5, 5.41) is 0. The second-order valence-electron chi connectivity index (χ2n) is 4.77. The molecule has 0 atom stereocenters. The summed E-state index contributed by atoms with van der Waals surface area (Å²) in [5.41, 5.74) is 12.5. The lowest BCUT2D eigenvalue weighted by molar-refractivity contribution is -0.127. The Bertz CT molecular complexity index is 421. The predicted molar refractivity (Wildman–Crippen MR) is 64.5 cm³/mol. The summed E-state index contributed by atoms with van der Waals surface area (Å²) in [5.74, 6) is -0.405. The number of nitrogen functional groups attached to an aromatic ring is 2. The highest BCUT2D eigenvalue weighted by Gasteiger charge is 2.34. The van der Waals surface area contributed by atoms with Gasteiger partial charge in [0.05, 0.1) is 18.8 Å². The summed E-state index contributed by atoms with van der Waals surface area (Å²) in [6.07, 6.45) is 0. The van der Waals surface area contributed by atoms with E-state index in [1.165, 1.54) is 0 Å². The van der Waals surface area contributed by atoms with Gasteiger partial charge in [0.2, 0.25) is 0 Å². The van der Waals surface area contributed by atoms with E-state index in [-0.39, 0.29) is 5.41 Å². The van der Waals surface area contributed by atoms with E-state index >= 15 is 0 Å². The molecule has 0 aromatic heterocycles. The second-order valence-corrected chi connectivity index (χ2v) is 4.77. The largest absolute Gasteiger partial charge is 0.461 e. The molecule has 1 aromatic rings. The molecule has 5 nitrogen and oxygen atoms in total. The number of esters is 1. The molecule has 1 aliphatic heterocycles. The Balaban J connectivity index is 1.99. The van der Waals surface area contributed by atoms with Crippen LogP contribution in [0.4, 0.5) is 11.4 Å². The van der Waals surface area contributed by atoms with E-state index < -0.39 is 5.97 Å². The van der Waals surface area contributed by atoms with Crippen molar-refractivity contribution in [3.8, 4) is 0 Å². The maximum atomic E-state index is 11.8. The molecule has 0 radical (unpaired) electrons. The molecule has 5 heteroatoms. The highest BCUT2D eigenvalue weighted by molar-refractivity contribution is 5.91. The second kappa shape index (κ2) is 4.25.